The summed E-state index contributed by atoms with van der Waals surface area (Å²) >= 11 is 1.20. The zero-order chi connectivity index (χ0) is 18.5. The van der Waals surface area contributed by atoms with Crippen LogP contribution in [0.15, 0.2) is 35.7 Å². The van der Waals surface area contributed by atoms with Crippen molar-refractivity contribution in [2.45, 2.75) is 19.3 Å². The molecule has 136 valence electrons. The number of benzene rings is 1. The van der Waals surface area contributed by atoms with Crippen molar-refractivity contribution in [3.8, 4) is 0 Å². The van der Waals surface area contributed by atoms with E-state index in [9.17, 15) is 14.4 Å². The number of carboxylic acid groups (broad SMARTS) is 1. The van der Waals surface area contributed by atoms with Crippen LogP contribution in [0.4, 0.5) is 5.13 Å². The summed E-state index contributed by atoms with van der Waals surface area (Å²) in [4.78, 5) is 41.3. The van der Waals surface area contributed by atoms with E-state index in [0.29, 0.717) is 31.1 Å². The standard InChI is InChI=1S/C18H19N3O4S/c22-15(10-12-4-2-1-3-5-12)20-18-19-14(11-26-18)16(23)21-8-6-13(7-9-21)17(24)25/h1-5,11,13H,6-10H2,(H,24,25)(H,19,20,22). The second-order valence-electron chi connectivity index (χ2n) is 6.15. The molecule has 2 N–H and O–H groups in total. The zero-order valence-electron chi connectivity index (χ0n) is 14.1. The molecule has 0 aliphatic carbocycles. The summed E-state index contributed by atoms with van der Waals surface area (Å²) in [5, 5.41) is 13.7. The summed E-state index contributed by atoms with van der Waals surface area (Å²) in [5.74, 6) is -1.61. The Labute approximate surface area is 154 Å². The summed E-state index contributed by atoms with van der Waals surface area (Å²) in [6, 6.07) is 9.38. The second-order valence-corrected chi connectivity index (χ2v) is 7.01. The number of piperidine rings is 1. The Morgan fingerprint density at radius 2 is 1.88 bits per heavy atom. The maximum Gasteiger partial charge on any atom is 0.306 e. The van der Waals surface area contributed by atoms with Crippen LogP contribution in [0.25, 0.3) is 0 Å². The van der Waals surface area contributed by atoms with Gasteiger partial charge in [0.2, 0.25) is 5.91 Å². The predicted octanol–water partition coefficient (Wildman–Crippen LogP) is 2.26. The van der Waals surface area contributed by atoms with E-state index >= 15 is 0 Å². The molecule has 2 heterocycles. The normalized spacial score (nSPS) is 14.8. The van der Waals surface area contributed by atoms with Crippen molar-refractivity contribution in [1.82, 2.24) is 9.88 Å². The van der Waals surface area contributed by atoms with Gasteiger partial charge in [-0.2, -0.15) is 0 Å². The molecule has 0 atom stereocenters. The van der Waals surface area contributed by atoms with Crippen LogP contribution < -0.4 is 5.32 Å². The van der Waals surface area contributed by atoms with Crippen molar-refractivity contribution in [3.63, 3.8) is 0 Å². The van der Waals surface area contributed by atoms with Gasteiger partial charge in [0.15, 0.2) is 5.13 Å². The monoisotopic (exact) mass is 373 g/mol. The topological polar surface area (TPSA) is 99.6 Å². The first-order valence-corrected chi connectivity index (χ1v) is 9.22. The number of nitrogens with one attached hydrogen (secondary N) is 1. The molecule has 0 radical (unpaired) electrons. The van der Waals surface area contributed by atoms with Crippen LogP contribution in [-0.2, 0) is 16.0 Å². The number of amides is 2. The van der Waals surface area contributed by atoms with Gasteiger partial charge in [-0.1, -0.05) is 30.3 Å². The molecule has 0 spiro atoms. The maximum absolute atomic E-state index is 12.5. The minimum Gasteiger partial charge on any atom is -0.481 e. The number of likely N-dealkylation sites (tertiary alicyclic amines) is 1. The van der Waals surface area contributed by atoms with Crippen molar-refractivity contribution in [2.75, 3.05) is 18.4 Å². The summed E-state index contributed by atoms with van der Waals surface area (Å²) in [7, 11) is 0. The van der Waals surface area contributed by atoms with Gasteiger partial charge in [0.1, 0.15) is 5.69 Å². The van der Waals surface area contributed by atoms with Crippen molar-refractivity contribution in [1.29, 1.82) is 0 Å². The highest BCUT2D eigenvalue weighted by atomic mass is 32.1. The van der Waals surface area contributed by atoms with Crippen molar-refractivity contribution in [3.05, 3.63) is 47.0 Å². The third kappa shape index (κ3) is 4.45. The molecular weight excluding hydrogens is 354 g/mol. The van der Waals surface area contributed by atoms with Crippen LogP contribution in [0.2, 0.25) is 0 Å². The van der Waals surface area contributed by atoms with Gasteiger partial charge < -0.3 is 15.3 Å². The molecular formula is C18H19N3O4S. The lowest BCUT2D eigenvalue weighted by Gasteiger charge is -2.29. The number of aromatic nitrogens is 1. The maximum atomic E-state index is 12.5. The van der Waals surface area contributed by atoms with E-state index in [4.69, 9.17) is 5.11 Å². The molecule has 8 heteroatoms. The fourth-order valence-electron chi connectivity index (χ4n) is 2.87. The molecule has 0 unspecified atom stereocenters. The lowest BCUT2D eigenvalue weighted by molar-refractivity contribution is -0.143. The summed E-state index contributed by atoms with van der Waals surface area (Å²) < 4.78 is 0. The molecule has 1 fully saturated rings. The van der Waals surface area contributed by atoms with Gasteiger partial charge in [-0.05, 0) is 18.4 Å². The number of carbonyl (C=O) groups is 3. The number of aliphatic carboxylic acids is 1. The Kier molecular flexibility index (Phi) is 5.62. The molecule has 26 heavy (non-hydrogen) atoms. The number of nitrogens with zero attached hydrogens (tertiary/aromatic N) is 2. The van der Waals surface area contributed by atoms with E-state index in [0.717, 1.165) is 5.56 Å². The molecule has 2 aromatic rings. The summed E-state index contributed by atoms with van der Waals surface area (Å²) in [6.07, 6.45) is 1.14. The Hall–Kier alpha value is -2.74. The number of rotatable bonds is 5. The molecule has 7 nitrogen and oxygen atoms in total. The number of hydrogen-bond donors (Lipinski definition) is 2. The van der Waals surface area contributed by atoms with Crippen LogP contribution in [0.3, 0.4) is 0 Å². The lowest BCUT2D eigenvalue weighted by atomic mass is 9.97. The largest absolute Gasteiger partial charge is 0.481 e. The molecule has 3 rings (SSSR count). The Bertz CT molecular complexity index is 798. The van der Waals surface area contributed by atoms with Gasteiger partial charge in [0.25, 0.3) is 5.91 Å². The number of thiazole rings is 1. The number of hydrogen-bond acceptors (Lipinski definition) is 5. The molecule has 0 saturated carbocycles. The smallest absolute Gasteiger partial charge is 0.306 e. The van der Waals surface area contributed by atoms with E-state index in [1.165, 1.54) is 11.3 Å². The van der Waals surface area contributed by atoms with Crippen LogP contribution in [-0.4, -0.2) is 45.9 Å². The third-order valence-electron chi connectivity index (χ3n) is 4.31. The molecule has 0 bridgehead atoms. The number of anilines is 1. The van der Waals surface area contributed by atoms with Gasteiger partial charge >= 0.3 is 5.97 Å². The summed E-state index contributed by atoms with van der Waals surface area (Å²) in [5.41, 5.74) is 1.18. The molecule has 1 saturated heterocycles. The Morgan fingerprint density at radius 1 is 1.19 bits per heavy atom. The average Bonchev–Trinajstić information content (AvgIpc) is 3.10. The molecule has 1 aromatic heterocycles. The first kappa shape index (κ1) is 18.1. The van der Waals surface area contributed by atoms with Gasteiger partial charge in [0.05, 0.1) is 12.3 Å². The number of carbonyl (C=O) groups excluding carboxylic acids is 2. The fourth-order valence-corrected chi connectivity index (χ4v) is 3.57. The predicted molar refractivity (Wildman–Crippen MR) is 97.2 cm³/mol. The van der Waals surface area contributed by atoms with Crippen LogP contribution in [0, 0.1) is 5.92 Å². The summed E-state index contributed by atoms with van der Waals surface area (Å²) in [6.45, 7) is 0.812. The zero-order valence-corrected chi connectivity index (χ0v) is 14.9. The Morgan fingerprint density at radius 3 is 2.54 bits per heavy atom. The molecule has 1 aromatic carbocycles. The SMILES string of the molecule is O=C(Cc1ccccc1)Nc1nc(C(=O)N2CCC(C(=O)O)CC2)cs1. The van der Waals surface area contributed by atoms with Crippen molar-refractivity contribution < 1.29 is 19.5 Å². The van der Waals surface area contributed by atoms with Gasteiger partial charge in [0, 0.05) is 18.5 Å². The van der Waals surface area contributed by atoms with E-state index in [2.05, 4.69) is 10.3 Å². The van der Waals surface area contributed by atoms with Crippen LogP contribution >= 0.6 is 11.3 Å². The Balaban J connectivity index is 1.55. The third-order valence-corrected chi connectivity index (χ3v) is 5.07. The van der Waals surface area contributed by atoms with E-state index < -0.39 is 5.97 Å². The minimum absolute atomic E-state index is 0.188. The molecule has 1 aliphatic rings. The fraction of sp³-hybridized carbons (Fsp3) is 0.333. The van der Waals surface area contributed by atoms with Gasteiger partial charge in [-0.3, -0.25) is 14.4 Å². The van der Waals surface area contributed by atoms with E-state index in [1.807, 2.05) is 30.3 Å². The van der Waals surface area contributed by atoms with Crippen LogP contribution in [0.5, 0.6) is 0 Å². The average molecular weight is 373 g/mol. The first-order valence-electron chi connectivity index (χ1n) is 8.34. The quantitative estimate of drug-likeness (QED) is 0.837. The van der Waals surface area contributed by atoms with Gasteiger partial charge in [-0.25, -0.2) is 4.98 Å². The van der Waals surface area contributed by atoms with E-state index in [1.54, 1.807) is 10.3 Å². The number of carboxylic acids is 1. The van der Waals surface area contributed by atoms with E-state index in [-0.39, 0.29) is 29.8 Å². The van der Waals surface area contributed by atoms with Crippen molar-refractivity contribution >= 4 is 34.3 Å². The highest BCUT2D eigenvalue weighted by molar-refractivity contribution is 7.14. The molecule has 1 aliphatic heterocycles. The van der Waals surface area contributed by atoms with Crippen LogP contribution in [0.1, 0.15) is 28.9 Å². The highest BCUT2D eigenvalue weighted by Gasteiger charge is 2.28. The first-order chi connectivity index (χ1) is 12.5. The van der Waals surface area contributed by atoms with Gasteiger partial charge in [-0.15, -0.1) is 11.3 Å². The lowest BCUT2D eigenvalue weighted by Crippen LogP contribution is -2.40. The minimum atomic E-state index is -0.811. The van der Waals surface area contributed by atoms with Crippen molar-refractivity contribution in [2.24, 2.45) is 5.92 Å². The highest BCUT2D eigenvalue weighted by Crippen LogP contribution is 2.21. The second kappa shape index (κ2) is 8.09. The molecule has 2 amide bonds.